The molecule has 0 bridgehead atoms. The minimum absolute atomic E-state index is 0.282. The van der Waals surface area contributed by atoms with E-state index in [0.717, 1.165) is 6.42 Å². The second-order valence-corrected chi connectivity index (χ2v) is 3.15. The molecule has 0 spiro atoms. The second kappa shape index (κ2) is 5.11. The van der Waals surface area contributed by atoms with E-state index in [2.05, 4.69) is 5.32 Å². The van der Waals surface area contributed by atoms with Crippen molar-refractivity contribution >= 4 is 5.97 Å². The minimum atomic E-state index is -3.66. The van der Waals surface area contributed by atoms with Crippen LogP contribution in [0.4, 0.5) is 8.78 Å². The Hall–Kier alpha value is -0.710. The van der Waals surface area contributed by atoms with Gasteiger partial charge >= 0.3 is 11.9 Å². The summed E-state index contributed by atoms with van der Waals surface area (Å²) >= 11 is 0. The molecule has 5 heteroatoms. The highest BCUT2D eigenvalue weighted by molar-refractivity contribution is 5.75. The summed E-state index contributed by atoms with van der Waals surface area (Å²) in [6.07, 6.45) is 0.881. The van der Waals surface area contributed by atoms with E-state index in [4.69, 9.17) is 5.11 Å². The second-order valence-electron chi connectivity index (χ2n) is 3.15. The summed E-state index contributed by atoms with van der Waals surface area (Å²) < 4.78 is 24.9. The zero-order chi connectivity index (χ0) is 10.5. The highest BCUT2D eigenvalue weighted by atomic mass is 19.3. The third-order valence-corrected chi connectivity index (χ3v) is 1.85. The van der Waals surface area contributed by atoms with E-state index in [1.54, 1.807) is 0 Å². The van der Waals surface area contributed by atoms with Crippen molar-refractivity contribution in [2.75, 3.05) is 13.1 Å². The number of carboxylic acids is 1. The van der Waals surface area contributed by atoms with Crippen LogP contribution in [0.25, 0.3) is 0 Å². The molecule has 0 heterocycles. The first-order valence-corrected chi connectivity index (χ1v) is 4.22. The molecule has 0 amide bonds. The number of carboxylic acid groups (broad SMARTS) is 1. The fraction of sp³-hybridized carbons (Fsp3) is 0.875. The normalized spacial score (nSPS) is 14.2. The number of hydrogen-bond donors (Lipinski definition) is 2. The smallest absolute Gasteiger partial charge is 0.375 e. The summed E-state index contributed by atoms with van der Waals surface area (Å²) in [7, 11) is 0. The van der Waals surface area contributed by atoms with Crippen LogP contribution >= 0.6 is 0 Å². The van der Waals surface area contributed by atoms with Crippen molar-refractivity contribution < 1.29 is 18.7 Å². The van der Waals surface area contributed by atoms with Crippen molar-refractivity contribution in [2.45, 2.75) is 26.2 Å². The van der Waals surface area contributed by atoms with Crippen LogP contribution in [-0.4, -0.2) is 30.1 Å². The molecule has 3 nitrogen and oxygen atoms in total. The van der Waals surface area contributed by atoms with Gasteiger partial charge in [-0.2, -0.15) is 8.78 Å². The summed E-state index contributed by atoms with van der Waals surface area (Å²) in [5, 5.41) is 10.5. The summed E-state index contributed by atoms with van der Waals surface area (Å²) in [5.41, 5.74) is 0. The lowest BCUT2D eigenvalue weighted by Gasteiger charge is -2.14. The number of rotatable bonds is 6. The number of carbonyl (C=O) groups is 1. The first-order valence-electron chi connectivity index (χ1n) is 4.22. The Morgan fingerprint density at radius 2 is 2.15 bits per heavy atom. The predicted octanol–water partition coefficient (Wildman–Crippen LogP) is 1.34. The Morgan fingerprint density at radius 3 is 2.54 bits per heavy atom. The molecule has 0 saturated heterocycles. The lowest BCUT2D eigenvalue weighted by molar-refractivity contribution is -0.164. The highest BCUT2D eigenvalue weighted by Crippen LogP contribution is 2.11. The van der Waals surface area contributed by atoms with Crippen LogP contribution in [0.2, 0.25) is 0 Å². The van der Waals surface area contributed by atoms with Crippen LogP contribution in [-0.2, 0) is 4.79 Å². The zero-order valence-electron chi connectivity index (χ0n) is 7.81. The van der Waals surface area contributed by atoms with Gasteiger partial charge < -0.3 is 10.4 Å². The van der Waals surface area contributed by atoms with E-state index in [1.165, 1.54) is 0 Å². The van der Waals surface area contributed by atoms with Crippen LogP contribution in [0.15, 0.2) is 0 Å². The first-order chi connectivity index (χ1) is 5.90. The molecule has 0 aliphatic rings. The van der Waals surface area contributed by atoms with Crippen LogP contribution < -0.4 is 5.32 Å². The molecule has 2 N–H and O–H groups in total. The summed E-state index contributed by atoms with van der Waals surface area (Å²) in [6, 6.07) is 0. The fourth-order valence-electron chi connectivity index (χ4n) is 0.696. The third kappa shape index (κ3) is 4.77. The molecule has 78 valence electrons. The first kappa shape index (κ1) is 12.3. The molecule has 0 aromatic heterocycles. The molecule has 0 aromatic carbocycles. The van der Waals surface area contributed by atoms with Crippen molar-refractivity contribution in [3.63, 3.8) is 0 Å². The van der Waals surface area contributed by atoms with Crippen LogP contribution in [0.3, 0.4) is 0 Å². The van der Waals surface area contributed by atoms with Gasteiger partial charge in [0.15, 0.2) is 0 Å². The van der Waals surface area contributed by atoms with Crippen LogP contribution in [0, 0.1) is 5.92 Å². The lowest BCUT2D eigenvalue weighted by Crippen LogP contribution is -2.41. The Labute approximate surface area is 76.1 Å². The van der Waals surface area contributed by atoms with Gasteiger partial charge in [0.1, 0.15) is 0 Å². The molecule has 1 atom stereocenters. The summed E-state index contributed by atoms with van der Waals surface area (Å²) in [5.74, 6) is -5.46. The molecule has 1 unspecified atom stereocenters. The van der Waals surface area contributed by atoms with E-state index in [0.29, 0.717) is 6.54 Å². The maximum Gasteiger partial charge on any atom is 0.375 e. The van der Waals surface area contributed by atoms with Crippen molar-refractivity contribution in [3.8, 4) is 0 Å². The largest absolute Gasteiger partial charge is 0.477 e. The van der Waals surface area contributed by atoms with Gasteiger partial charge in [0.25, 0.3) is 0 Å². The Balaban J connectivity index is 3.70. The monoisotopic (exact) mass is 195 g/mol. The van der Waals surface area contributed by atoms with Crippen molar-refractivity contribution in [3.05, 3.63) is 0 Å². The molecule has 0 aliphatic carbocycles. The Kier molecular flexibility index (Phi) is 4.83. The quantitative estimate of drug-likeness (QED) is 0.672. The van der Waals surface area contributed by atoms with Crippen molar-refractivity contribution in [1.82, 2.24) is 5.32 Å². The number of hydrogen-bond acceptors (Lipinski definition) is 2. The SMILES string of the molecule is CCC(C)CNCC(F)(F)C(=O)O. The number of alkyl halides is 2. The van der Waals surface area contributed by atoms with Gasteiger partial charge in [0.05, 0.1) is 6.54 Å². The molecule has 0 radical (unpaired) electrons. The van der Waals surface area contributed by atoms with Gasteiger partial charge in [-0.3, -0.25) is 0 Å². The maximum absolute atomic E-state index is 12.4. The molecule has 0 rings (SSSR count). The molecule has 0 saturated carbocycles. The van der Waals surface area contributed by atoms with E-state index in [9.17, 15) is 13.6 Å². The zero-order valence-corrected chi connectivity index (χ0v) is 7.81. The lowest BCUT2D eigenvalue weighted by atomic mass is 10.1. The number of halogens is 2. The average Bonchev–Trinajstić information content (AvgIpc) is 2.03. The molecule has 0 fully saturated rings. The maximum atomic E-state index is 12.4. The molecule has 0 aliphatic heterocycles. The van der Waals surface area contributed by atoms with Crippen LogP contribution in [0.1, 0.15) is 20.3 Å². The van der Waals surface area contributed by atoms with Crippen molar-refractivity contribution in [2.24, 2.45) is 5.92 Å². The molecular formula is C8H15F2NO2. The number of nitrogens with one attached hydrogen (secondary N) is 1. The minimum Gasteiger partial charge on any atom is -0.477 e. The van der Waals surface area contributed by atoms with Crippen molar-refractivity contribution in [1.29, 1.82) is 0 Å². The summed E-state index contributed by atoms with van der Waals surface area (Å²) in [4.78, 5) is 9.98. The van der Waals surface area contributed by atoms with E-state index >= 15 is 0 Å². The third-order valence-electron chi connectivity index (χ3n) is 1.85. The Morgan fingerprint density at radius 1 is 1.62 bits per heavy atom. The average molecular weight is 195 g/mol. The van der Waals surface area contributed by atoms with Gasteiger partial charge in [-0.05, 0) is 12.5 Å². The Bertz CT molecular complexity index is 174. The van der Waals surface area contributed by atoms with E-state index in [1.807, 2.05) is 13.8 Å². The molecule has 0 aromatic rings. The summed E-state index contributed by atoms with van der Waals surface area (Å²) in [6.45, 7) is 3.47. The van der Waals surface area contributed by atoms with Gasteiger partial charge in [0.2, 0.25) is 0 Å². The van der Waals surface area contributed by atoms with Gasteiger partial charge in [-0.15, -0.1) is 0 Å². The van der Waals surface area contributed by atoms with E-state index < -0.39 is 18.4 Å². The van der Waals surface area contributed by atoms with Gasteiger partial charge in [0, 0.05) is 0 Å². The van der Waals surface area contributed by atoms with E-state index in [-0.39, 0.29) is 5.92 Å². The standard InChI is InChI=1S/C8H15F2NO2/c1-3-6(2)4-11-5-8(9,10)7(12)13/h6,11H,3-5H2,1-2H3,(H,12,13). The predicted molar refractivity (Wildman–Crippen MR) is 44.9 cm³/mol. The molecular weight excluding hydrogens is 180 g/mol. The molecule has 13 heavy (non-hydrogen) atoms. The highest BCUT2D eigenvalue weighted by Gasteiger charge is 2.38. The van der Waals surface area contributed by atoms with Gasteiger partial charge in [-0.1, -0.05) is 20.3 Å². The van der Waals surface area contributed by atoms with Gasteiger partial charge in [-0.25, -0.2) is 4.79 Å². The number of aliphatic carboxylic acids is 1. The fourth-order valence-corrected chi connectivity index (χ4v) is 0.696. The van der Waals surface area contributed by atoms with Crippen LogP contribution in [0.5, 0.6) is 0 Å². The topological polar surface area (TPSA) is 49.3 Å².